The van der Waals surface area contributed by atoms with Gasteiger partial charge in [0, 0.05) is 5.97 Å². The van der Waals surface area contributed by atoms with Gasteiger partial charge in [-0.1, -0.05) is 50.5 Å². The van der Waals surface area contributed by atoms with E-state index in [0.717, 1.165) is 38.5 Å². The van der Waals surface area contributed by atoms with Crippen molar-refractivity contribution in [1.29, 1.82) is 0 Å². The zero-order chi connectivity index (χ0) is 17.2. The van der Waals surface area contributed by atoms with Crippen LogP contribution in [0, 0.1) is 0 Å². The molecule has 3 nitrogen and oxygen atoms in total. The van der Waals surface area contributed by atoms with Crippen LogP contribution < -0.4 is 5.11 Å². The summed E-state index contributed by atoms with van der Waals surface area (Å²) in [5, 5.41) is 20.0. The van der Waals surface area contributed by atoms with E-state index in [-0.39, 0.29) is 12.5 Å². The maximum Gasteiger partial charge on any atom is 0.0540 e. The average molecular weight is 323 g/mol. The molecule has 0 heterocycles. The van der Waals surface area contributed by atoms with Crippen LogP contribution in [0.3, 0.4) is 0 Å². The molecule has 0 aromatic heterocycles. The Labute approximate surface area is 142 Å². The molecule has 0 aliphatic heterocycles. The van der Waals surface area contributed by atoms with Crippen molar-refractivity contribution >= 4 is 5.97 Å². The third-order valence-electron chi connectivity index (χ3n) is 3.88. The summed E-state index contributed by atoms with van der Waals surface area (Å²) in [5.74, 6) is -1.03. The predicted octanol–water partition coefficient (Wildman–Crippen LogP) is 4.30. The fourth-order valence-corrected chi connectivity index (χ4v) is 2.44. The lowest BCUT2D eigenvalue weighted by atomic mass is 10.0. The summed E-state index contributed by atoms with van der Waals surface area (Å²) in [6.07, 6.45) is 21.1. The molecule has 0 aliphatic rings. The first-order valence-electron chi connectivity index (χ1n) is 9.34. The molecular weight excluding hydrogens is 288 g/mol. The topological polar surface area (TPSA) is 60.4 Å². The normalized spacial score (nSPS) is 13.1. The number of hydrogen-bond donors (Lipinski definition) is 1. The number of carbonyl (C=O) groups excluding carboxylic acids is 1. The van der Waals surface area contributed by atoms with Gasteiger partial charge in [-0.2, -0.15) is 0 Å². The first-order valence-corrected chi connectivity index (χ1v) is 9.34. The molecular formula is C20H35O3-. The standard InChI is InChI=1S/C20H36O3/c1-2-3-4-5-6-7-8-9-10-11-12-13-14-16-19(21)17-15-18-20(22)23/h6-7,10-11,19,21H,2-5,8-9,12-18H2,1H3,(H,22,23)/p-1/b7-6-,11-10+/t19-/m1/s1. The van der Waals surface area contributed by atoms with E-state index in [9.17, 15) is 15.0 Å². The van der Waals surface area contributed by atoms with Crippen LogP contribution in [-0.4, -0.2) is 17.2 Å². The molecule has 0 amide bonds. The van der Waals surface area contributed by atoms with Gasteiger partial charge in [-0.05, 0) is 64.2 Å². The average Bonchev–Trinajstić information content (AvgIpc) is 2.51. The minimum Gasteiger partial charge on any atom is -0.550 e. The first kappa shape index (κ1) is 21.9. The Morgan fingerprint density at radius 2 is 1.39 bits per heavy atom. The molecule has 0 spiro atoms. The summed E-state index contributed by atoms with van der Waals surface area (Å²) in [5.41, 5.74) is 0. The lowest BCUT2D eigenvalue weighted by Crippen LogP contribution is -2.22. The van der Waals surface area contributed by atoms with Gasteiger partial charge in [0.25, 0.3) is 0 Å². The summed E-state index contributed by atoms with van der Waals surface area (Å²) >= 11 is 0. The Kier molecular flexibility index (Phi) is 16.4. The highest BCUT2D eigenvalue weighted by molar-refractivity contribution is 5.64. The van der Waals surface area contributed by atoms with E-state index < -0.39 is 5.97 Å². The van der Waals surface area contributed by atoms with Crippen LogP contribution in [0.2, 0.25) is 0 Å². The van der Waals surface area contributed by atoms with Crippen molar-refractivity contribution in [2.75, 3.05) is 0 Å². The van der Waals surface area contributed by atoms with Crippen LogP contribution in [0.25, 0.3) is 0 Å². The van der Waals surface area contributed by atoms with Gasteiger partial charge in [0.05, 0.1) is 6.10 Å². The highest BCUT2D eigenvalue weighted by Crippen LogP contribution is 2.10. The largest absolute Gasteiger partial charge is 0.550 e. The van der Waals surface area contributed by atoms with Gasteiger partial charge in [0.2, 0.25) is 0 Å². The second kappa shape index (κ2) is 17.3. The number of rotatable bonds is 16. The minimum atomic E-state index is -1.03. The van der Waals surface area contributed by atoms with Crippen LogP contribution in [0.4, 0.5) is 0 Å². The number of aliphatic hydroxyl groups excluding tert-OH is 1. The van der Waals surface area contributed by atoms with Gasteiger partial charge in [0.1, 0.15) is 0 Å². The fourth-order valence-electron chi connectivity index (χ4n) is 2.44. The summed E-state index contributed by atoms with van der Waals surface area (Å²) in [6.45, 7) is 2.23. The van der Waals surface area contributed by atoms with Crippen molar-refractivity contribution < 1.29 is 15.0 Å². The Hall–Kier alpha value is -1.09. The molecule has 0 bridgehead atoms. The molecule has 0 unspecified atom stereocenters. The third-order valence-corrected chi connectivity index (χ3v) is 3.88. The number of hydrogen-bond acceptors (Lipinski definition) is 3. The molecule has 0 fully saturated rings. The van der Waals surface area contributed by atoms with Crippen molar-refractivity contribution in [2.45, 2.75) is 96.5 Å². The molecule has 0 rings (SSSR count). The van der Waals surface area contributed by atoms with E-state index >= 15 is 0 Å². The lowest BCUT2D eigenvalue weighted by molar-refractivity contribution is -0.305. The molecule has 134 valence electrons. The number of carboxylic acid groups (broad SMARTS) is 1. The fraction of sp³-hybridized carbons (Fsp3) is 0.750. The van der Waals surface area contributed by atoms with Gasteiger partial charge < -0.3 is 15.0 Å². The number of carboxylic acids is 1. The van der Waals surface area contributed by atoms with Gasteiger partial charge in [-0.3, -0.25) is 0 Å². The number of unbranched alkanes of at least 4 members (excludes halogenated alkanes) is 6. The molecule has 1 atom stereocenters. The van der Waals surface area contributed by atoms with Gasteiger partial charge in [-0.25, -0.2) is 0 Å². The van der Waals surface area contributed by atoms with E-state index in [1.165, 1.54) is 25.7 Å². The molecule has 0 aromatic carbocycles. The van der Waals surface area contributed by atoms with E-state index in [0.29, 0.717) is 12.8 Å². The van der Waals surface area contributed by atoms with Crippen molar-refractivity contribution in [3.8, 4) is 0 Å². The number of aliphatic hydroxyl groups is 1. The maximum absolute atomic E-state index is 10.3. The summed E-state index contributed by atoms with van der Waals surface area (Å²) in [6, 6.07) is 0. The van der Waals surface area contributed by atoms with Crippen LogP contribution in [0.1, 0.15) is 90.4 Å². The third kappa shape index (κ3) is 18.9. The van der Waals surface area contributed by atoms with Crippen molar-refractivity contribution in [2.24, 2.45) is 0 Å². The SMILES string of the molecule is CCCCC/C=C\CC/C=C/CCCC[C@@H](O)CCCC(=O)[O-]. The highest BCUT2D eigenvalue weighted by Gasteiger charge is 2.03. The molecule has 1 N–H and O–H groups in total. The number of allylic oxidation sites excluding steroid dienone is 4. The van der Waals surface area contributed by atoms with Crippen LogP contribution in [0.5, 0.6) is 0 Å². The zero-order valence-electron chi connectivity index (χ0n) is 14.8. The molecule has 23 heavy (non-hydrogen) atoms. The molecule has 3 heteroatoms. The monoisotopic (exact) mass is 323 g/mol. The Balaban J connectivity index is 3.32. The number of carbonyl (C=O) groups is 1. The summed E-state index contributed by atoms with van der Waals surface area (Å²) < 4.78 is 0. The molecule has 0 saturated carbocycles. The van der Waals surface area contributed by atoms with Crippen LogP contribution in [0.15, 0.2) is 24.3 Å². The minimum absolute atomic E-state index is 0.0485. The van der Waals surface area contributed by atoms with Crippen molar-refractivity contribution in [3.05, 3.63) is 24.3 Å². The van der Waals surface area contributed by atoms with Crippen LogP contribution in [-0.2, 0) is 4.79 Å². The zero-order valence-corrected chi connectivity index (χ0v) is 14.8. The highest BCUT2D eigenvalue weighted by atomic mass is 16.4. The Morgan fingerprint density at radius 3 is 1.96 bits per heavy atom. The Bertz CT molecular complexity index is 321. The molecule has 0 radical (unpaired) electrons. The summed E-state index contributed by atoms with van der Waals surface area (Å²) in [7, 11) is 0. The van der Waals surface area contributed by atoms with Crippen molar-refractivity contribution in [1.82, 2.24) is 0 Å². The molecule has 0 saturated heterocycles. The van der Waals surface area contributed by atoms with Gasteiger partial charge in [0.15, 0.2) is 0 Å². The lowest BCUT2D eigenvalue weighted by Gasteiger charge is -2.09. The van der Waals surface area contributed by atoms with E-state index in [1.807, 2.05) is 0 Å². The maximum atomic E-state index is 10.3. The second-order valence-electron chi connectivity index (χ2n) is 6.22. The first-order chi connectivity index (χ1) is 11.2. The van der Waals surface area contributed by atoms with E-state index in [4.69, 9.17) is 0 Å². The summed E-state index contributed by atoms with van der Waals surface area (Å²) in [4.78, 5) is 10.3. The predicted molar refractivity (Wildman–Crippen MR) is 95.0 cm³/mol. The second-order valence-corrected chi connectivity index (χ2v) is 6.22. The van der Waals surface area contributed by atoms with E-state index in [1.54, 1.807) is 0 Å². The van der Waals surface area contributed by atoms with Gasteiger partial charge >= 0.3 is 0 Å². The number of aliphatic carboxylic acids is 1. The smallest absolute Gasteiger partial charge is 0.0540 e. The van der Waals surface area contributed by atoms with E-state index in [2.05, 4.69) is 31.2 Å². The molecule has 0 aliphatic carbocycles. The van der Waals surface area contributed by atoms with Gasteiger partial charge in [-0.15, -0.1) is 0 Å². The van der Waals surface area contributed by atoms with Crippen LogP contribution >= 0.6 is 0 Å². The Morgan fingerprint density at radius 1 is 0.870 bits per heavy atom. The molecule has 0 aromatic rings. The quantitative estimate of drug-likeness (QED) is 0.340. The van der Waals surface area contributed by atoms with Crippen molar-refractivity contribution in [3.63, 3.8) is 0 Å².